The molecule has 0 bridgehead atoms. The van der Waals surface area contributed by atoms with E-state index in [4.69, 9.17) is 5.14 Å². The van der Waals surface area contributed by atoms with Crippen LogP contribution in [-0.2, 0) is 15.4 Å². The molecule has 1 aromatic carbocycles. The Balaban J connectivity index is 3.64. The van der Waals surface area contributed by atoms with Crippen LogP contribution in [0.25, 0.3) is 0 Å². The van der Waals surface area contributed by atoms with Crippen molar-refractivity contribution < 1.29 is 8.42 Å². The zero-order valence-corrected chi connectivity index (χ0v) is 13.6. The molecule has 0 atom stereocenters. The number of alkyl halides is 1. The van der Waals surface area contributed by atoms with Gasteiger partial charge in [0.05, 0.1) is 4.90 Å². The van der Waals surface area contributed by atoms with E-state index in [0.717, 1.165) is 16.7 Å². The van der Waals surface area contributed by atoms with Crippen LogP contribution < -0.4 is 5.14 Å². The van der Waals surface area contributed by atoms with E-state index in [9.17, 15) is 8.42 Å². The molecule has 0 amide bonds. The number of sulfonamides is 1. The highest BCUT2D eigenvalue weighted by atomic mass is 79.9. The molecule has 5 heteroatoms. The van der Waals surface area contributed by atoms with E-state index in [0.29, 0.717) is 5.33 Å². The molecular weight excluding hydrogens is 314 g/mol. The molecule has 1 rings (SSSR count). The fraction of sp³-hybridized carbons (Fsp3) is 0.538. The molecular formula is C13H20BrNO2S. The summed E-state index contributed by atoms with van der Waals surface area (Å²) in [6.07, 6.45) is 0. The van der Waals surface area contributed by atoms with Gasteiger partial charge in [0.2, 0.25) is 10.0 Å². The average molecular weight is 334 g/mol. The molecule has 102 valence electrons. The number of hydrogen-bond donors (Lipinski definition) is 1. The third kappa shape index (κ3) is 3.33. The minimum Gasteiger partial charge on any atom is -0.225 e. The molecule has 0 unspecified atom stereocenters. The minimum absolute atomic E-state index is 0.123. The largest absolute Gasteiger partial charge is 0.238 e. The average Bonchev–Trinajstić information content (AvgIpc) is 2.25. The third-order valence-electron chi connectivity index (χ3n) is 2.97. The second-order valence-electron chi connectivity index (χ2n) is 5.08. The fourth-order valence-electron chi connectivity index (χ4n) is 2.01. The maximum Gasteiger partial charge on any atom is 0.238 e. The van der Waals surface area contributed by atoms with Crippen LogP contribution in [-0.4, -0.2) is 8.42 Å². The highest BCUT2D eigenvalue weighted by Gasteiger charge is 2.20. The second-order valence-corrected chi connectivity index (χ2v) is 7.17. The van der Waals surface area contributed by atoms with Crippen molar-refractivity contribution in [3.05, 3.63) is 28.8 Å². The Labute approximate surface area is 118 Å². The predicted octanol–water partition coefficient (Wildman–Crippen LogP) is 3.48. The van der Waals surface area contributed by atoms with E-state index >= 15 is 0 Å². The summed E-state index contributed by atoms with van der Waals surface area (Å²) in [7, 11) is -3.67. The first-order chi connectivity index (χ1) is 8.18. The second kappa shape index (κ2) is 5.72. The molecule has 0 heterocycles. The van der Waals surface area contributed by atoms with Crippen molar-refractivity contribution in [1.29, 1.82) is 0 Å². The van der Waals surface area contributed by atoms with E-state index in [-0.39, 0.29) is 16.7 Å². The number of benzene rings is 1. The van der Waals surface area contributed by atoms with Crippen LogP contribution in [0, 0.1) is 0 Å². The van der Waals surface area contributed by atoms with Gasteiger partial charge in [0, 0.05) is 5.33 Å². The number of nitrogens with two attached hydrogens (primary N) is 1. The van der Waals surface area contributed by atoms with E-state index in [2.05, 4.69) is 15.9 Å². The van der Waals surface area contributed by atoms with E-state index in [1.807, 2.05) is 33.8 Å². The lowest BCUT2D eigenvalue weighted by atomic mass is 9.93. The lowest BCUT2D eigenvalue weighted by molar-refractivity contribution is 0.595. The highest BCUT2D eigenvalue weighted by Crippen LogP contribution is 2.31. The molecule has 3 nitrogen and oxygen atoms in total. The monoisotopic (exact) mass is 333 g/mol. The lowest BCUT2D eigenvalue weighted by Crippen LogP contribution is -2.16. The predicted molar refractivity (Wildman–Crippen MR) is 78.6 cm³/mol. The van der Waals surface area contributed by atoms with Gasteiger partial charge in [0.1, 0.15) is 0 Å². The maximum atomic E-state index is 11.7. The summed E-state index contributed by atoms with van der Waals surface area (Å²) in [6.45, 7) is 8.03. The van der Waals surface area contributed by atoms with Crippen LogP contribution in [0.15, 0.2) is 17.0 Å². The maximum absolute atomic E-state index is 11.7. The summed E-state index contributed by atoms with van der Waals surface area (Å²) < 4.78 is 23.4. The van der Waals surface area contributed by atoms with Gasteiger partial charge in [0.25, 0.3) is 0 Å². The molecule has 0 saturated carbocycles. The minimum atomic E-state index is -3.67. The van der Waals surface area contributed by atoms with Gasteiger partial charge in [0.15, 0.2) is 0 Å². The van der Waals surface area contributed by atoms with Crippen molar-refractivity contribution in [3.63, 3.8) is 0 Å². The van der Waals surface area contributed by atoms with Crippen molar-refractivity contribution >= 4 is 26.0 Å². The molecule has 0 aliphatic carbocycles. The van der Waals surface area contributed by atoms with Gasteiger partial charge in [-0.1, -0.05) is 49.7 Å². The van der Waals surface area contributed by atoms with Gasteiger partial charge in [-0.15, -0.1) is 0 Å². The first-order valence-electron chi connectivity index (χ1n) is 5.94. The molecule has 0 fully saturated rings. The van der Waals surface area contributed by atoms with E-state index < -0.39 is 10.0 Å². The summed E-state index contributed by atoms with van der Waals surface area (Å²) in [5.41, 5.74) is 2.94. The van der Waals surface area contributed by atoms with E-state index in [1.54, 1.807) is 6.07 Å². The smallest absolute Gasteiger partial charge is 0.225 e. The Morgan fingerprint density at radius 1 is 1.11 bits per heavy atom. The van der Waals surface area contributed by atoms with Crippen molar-refractivity contribution in [2.75, 3.05) is 0 Å². The topological polar surface area (TPSA) is 60.2 Å². The first kappa shape index (κ1) is 15.7. The number of primary sulfonamides is 1. The van der Waals surface area contributed by atoms with E-state index in [1.165, 1.54) is 0 Å². The zero-order valence-electron chi connectivity index (χ0n) is 11.2. The standard InChI is InChI=1S/C13H20BrNO2S/c1-8(2)11-6-13(18(15,16)17)12(9(3)4)5-10(11)7-14/h5-6,8-9H,7H2,1-4H3,(H2,15,16,17). The fourth-order valence-corrected chi connectivity index (χ4v) is 3.41. The Morgan fingerprint density at radius 3 is 1.94 bits per heavy atom. The summed E-state index contributed by atoms with van der Waals surface area (Å²) in [5.74, 6) is 0.386. The van der Waals surface area contributed by atoms with Crippen LogP contribution in [0.4, 0.5) is 0 Å². The van der Waals surface area contributed by atoms with Crippen LogP contribution in [0.3, 0.4) is 0 Å². The molecule has 0 spiro atoms. The van der Waals surface area contributed by atoms with Gasteiger partial charge >= 0.3 is 0 Å². The van der Waals surface area contributed by atoms with Crippen molar-refractivity contribution in [1.82, 2.24) is 0 Å². The molecule has 0 aliphatic rings. The molecule has 0 saturated heterocycles. The highest BCUT2D eigenvalue weighted by molar-refractivity contribution is 9.08. The Hall–Kier alpha value is -0.390. The quantitative estimate of drug-likeness (QED) is 0.857. The summed E-state index contributed by atoms with van der Waals surface area (Å²) in [6, 6.07) is 3.68. The number of halogens is 1. The molecule has 2 N–H and O–H groups in total. The van der Waals surface area contributed by atoms with Crippen molar-refractivity contribution in [3.8, 4) is 0 Å². The number of hydrogen-bond acceptors (Lipinski definition) is 2. The third-order valence-corrected chi connectivity index (χ3v) is 4.54. The number of rotatable bonds is 4. The Kier molecular flexibility index (Phi) is 4.98. The first-order valence-corrected chi connectivity index (χ1v) is 8.60. The molecule has 0 radical (unpaired) electrons. The van der Waals surface area contributed by atoms with Gasteiger partial charge in [-0.05, 0) is 34.6 Å². The molecule has 1 aromatic rings. The van der Waals surface area contributed by atoms with Gasteiger partial charge in [-0.2, -0.15) is 0 Å². The normalized spacial score (nSPS) is 12.4. The lowest BCUT2D eigenvalue weighted by Gasteiger charge is -2.18. The van der Waals surface area contributed by atoms with Gasteiger partial charge < -0.3 is 0 Å². The molecule has 0 aliphatic heterocycles. The summed E-state index contributed by atoms with van der Waals surface area (Å²) in [4.78, 5) is 0.255. The van der Waals surface area contributed by atoms with Gasteiger partial charge in [-0.3, -0.25) is 0 Å². The van der Waals surface area contributed by atoms with Gasteiger partial charge in [-0.25, -0.2) is 13.6 Å². The zero-order chi connectivity index (χ0) is 14.1. The molecule has 18 heavy (non-hydrogen) atoms. The Morgan fingerprint density at radius 2 is 1.61 bits per heavy atom. The van der Waals surface area contributed by atoms with Crippen LogP contribution in [0.5, 0.6) is 0 Å². The molecule has 0 aromatic heterocycles. The SMILES string of the molecule is CC(C)c1cc(S(N)(=O)=O)c(C(C)C)cc1CBr. The van der Waals surface area contributed by atoms with Crippen molar-refractivity contribution in [2.24, 2.45) is 5.14 Å². The Bertz CT molecular complexity index is 536. The summed E-state index contributed by atoms with van der Waals surface area (Å²) >= 11 is 3.45. The van der Waals surface area contributed by atoms with Crippen LogP contribution >= 0.6 is 15.9 Å². The van der Waals surface area contributed by atoms with Crippen LogP contribution in [0.1, 0.15) is 56.2 Å². The summed E-state index contributed by atoms with van der Waals surface area (Å²) in [5, 5.41) is 6.03. The van der Waals surface area contributed by atoms with Crippen molar-refractivity contribution in [2.45, 2.75) is 49.8 Å². The van der Waals surface area contributed by atoms with Crippen LogP contribution in [0.2, 0.25) is 0 Å².